The van der Waals surface area contributed by atoms with Crippen molar-refractivity contribution in [2.45, 2.75) is 12.5 Å². The molecule has 1 aliphatic rings. The van der Waals surface area contributed by atoms with Crippen molar-refractivity contribution in [2.75, 3.05) is 13.2 Å². The lowest BCUT2D eigenvalue weighted by molar-refractivity contribution is 0.0931. The van der Waals surface area contributed by atoms with Crippen LogP contribution in [0.2, 0.25) is 0 Å². The first-order chi connectivity index (χ1) is 11.3. The maximum absolute atomic E-state index is 12.7. The molecule has 3 aromatic rings. The average molecular weight is 308 g/mol. The second kappa shape index (κ2) is 5.85. The number of rotatable bonds is 3. The Balaban J connectivity index is 1.78. The number of nitrogens with zero attached hydrogens (tertiary/aromatic N) is 1. The van der Waals surface area contributed by atoms with Gasteiger partial charge in [0.15, 0.2) is 5.76 Å². The number of ether oxygens (including phenoxy) is 1. The third-order valence-corrected chi connectivity index (χ3v) is 4.00. The number of benzene rings is 1. The zero-order valence-electron chi connectivity index (χ0n) is 12.5. The predicted octanol–water partition coefficient (Wildman–Crippen LogP) is 3.01. The molecule has 1 aliphatic heterocycles. The molecule has 1 aromatic carbocycles. The lowest BCUT2D eigenvalue weighted by atomic mass is 10.1. The van der Waals surface area contributed by atoms with E-state index in [2.05, 4.69) is 10.3 Å². The van der Waals surface area contributed by atoms with E-state index in [9.17, 15) is 4.79 Å². The molecule has 1 amide bonds. The molecule has 0 radical (unpaired) electrons. The Labute approximate surface area is 133 Å². The summed E-state index contributed by atoms with van der Waals surface area (Å²) >= 11 is 0. The highest BCUT2D eigenvalue weighted by Gasteiger charge is 2.21. The van der Waals surface area contributed by atoms with Crippen molar-refractivity contribution in [2.24, 2.45) is 0 Å². The molecule has 1 saturated heterocycles. The first kappa shape index (κ1) is 14.0. The van der Waals surface area contributed by atoms with Gasteiger partial charge in [0.1, 0.15) is 5.69 Å². The number of aromatic nitrogens is 1. The first-order valence-electron chi connectivity index (χ1n) is 7.63. The van der Waals surface area contributed by atoms with E-state index in [0.29, 0.717) is 30.2 Å². The minimum absolute atomic E-state index is 0.0708. The molecule has 5 heteroatoms. The quantitative estimate of drug-likeness (QED) is 0.808. The lowest BCUT2D eigenvalue weighted by Crippen LogP contribution is -2.35. The maximum atomic E-state index is 12.7. The maximum Gasteiger partial charge on any atom is 0.252 e. The highest BCUT2D eigenvalue weighted by atomic mass is 16.5. The van der Waals surface area contributed by atoms with Gasteiger partial charge in [-0.3, -0.25) is 4.79 Å². The van der Waals surface area contributed by atoms with E-state index in [1.807, 2.05) is 36.4 Å². The number of carbonyl (C=O) groups excluding carboxylic acids is 1. The summed E-state index contributed by atoms with van der Waals surface area (Å²) in [7, 11) is 0. The average Bonchev–Trinajstić information content (AvgIpc) is 3.27. The fourth-order valence-electron chi connectivity index (χ4n) is 2.83. The summed E-state index contributed by atoms with van der Waals surface area (Å²) in [5, 5.41) is 3.87. The van der Waals surface area contributed by atoms with Crippen LogP contribution < -0.4 is 5.32 Å². The van der Waals surface area contributed by atoms with Crippen LogP contribution in [0.25, 0.3) is 22.4 Å². The molecule has 4 rings (SSSR count). The fraction of sp³-hybridized carbons (Fsp3) is 0.222. The molecular formula is C18H16N2O3. The van der Waals surface area contributed by atoms with Crippen molar-refractivity contribution < 1.29 is 13.9 Å². The minimum Gasteiger partial charge on any atom is -0.463 e. The van der Waals surface area contributed by atoms with Gasteiger partial charge in [-0.25, -0.2) is 4.98 Å². The van der Waals surface area contributed by atoms with Crippen molar-refractivity contribution in [1.82, 2.24) is 10.3 Å². The lowest BCUT2D eigenvalue weighted by Gasteiger charge is -2.13. The predicted molar refractivity (Wildman–Crippen MR) is 86.1 cm³/mol. The monoisotopic (exact) mass is 308 g/mol. The topological polar surface area (TPSA) is 64.4 Å². The highest BCUT2D eigenvalue weighted by molar-refractivity contribution is 6.07. The van der Waals surface area contributed by atoms with Gasteiger partial charge in [-0.15, -0.1) is 0 Å². The summed E-state index contributed by atoms with van der Waals surface area (Å²) in [6.45, 7) is 1.26. The van der Waals surface area contributed by atoms with Crippen LogP contribution in [0, 0.1) is 0 Å². The van der Waals surface area contributed by atoms with Crippen LogP contribution in [-0.4, -0.2) is 30.1 Å². The molecule has 1 N–H and O–H groups in total. The van der Waals surface area contributed by atoms with Gasteiger partial charge in [-0.2, -0.15) is 0 Å². The van der Waals surface area contributed by atoms with Crippen LogP contribution in [0.15, 0.2) is 53.1 Å². The number of amides is 1. The van der Waals surface area contributed by atoms with E-state index in [4.69, 9.17) is 9.15 Å². The molecular weight excluding hydrogens is 292 g/mol. The molecule has 1 atom stereocenters. The van der Waals surface area contributed by atoms with Gasteiger partial charge in [0.05, 0.1) is 30.0 Å². The van der Waals surface area contributed by atoms with Gasteiger partial charge in [0, 0.05) is 12.0 Å². The first-order valence-corrected chi connectivity index (χ1v) is 7.63. The zero-order valence-corrected chi connectivity index (χ0v) is 12.5. The Morgan fingerprint density at radius 2 is 2.13 bits per heavy atom. The number of nitrogens with one attached hydrogen (secondary N) is 1. The van der Waals surface area contributed by atoms with Crippen LogP contribution in [-0.2, 0) is 4.74 Å². The Morgan fingerprint density at radius 3 is 2.91 bits per heavy atom. The van der Waals surface area contributed by atoms with E-state index in [-0.39, 0.29) is 11.9 Å². The SMILES string of the molecule is O=C(NC1CCOC1)c1cc(-c2ccco2)nc2ccccc12. The van der Waals surface area contributed by atoms with Gasteiger partial charge in [-0.05, 0) is 30.7 Å². The zero-order chi connectivity index (χ0) is 15.6. The van der Waals surface area contributed by atoms with Crippen molar-refractivity contribution in [3.63, 3.8) is 0 Å². The van der Waals surface area contributed by atoms with E-state index in [1.54, 1.807) is 12.3 Å². The minimum atomic E-state index is -0.105. The Hall–Kier alpha value is -2.66. The van der Waals surface area contributed by atoms with Crippen molar-refractivity contribution in [3.8, 4) is 11.5 Å². The van der Waals surface area contributed by atoms with Crippen LogP contribution in [0.4, 0.5) is 0 Å². The highest BCUT2D eigenvalue weighted by Crippen LogP contribution is 2.25. The number of hydrogen-bond donors (Lipinski definition) is 1. The number of furan rings is 1. The van der Waals surface area contributed by atoms with Gasteiger partial charge < -0.3 is 14.5 Å². The second-order valence-corrected chi connectivity index (χ2v) is 5.58. The van der Waals surface area contributed by atoms with E-state index in [1.165, 1.54) is 0 Å². The Bertz CT molecular complexity index is 837. The standard InChI is InChI=1S/C18H16N2O3/c21-18(19-12-7-9-22-11-12)14-10-16(17-6-3-8-23-17)20-15-5-2-1-4-13(14)15/h1-6,8,10,12H,7,9,11H2,(H,19,21). The third kappa shape index (κ3) is 2.71. The number of hydrogen-bond acceptors (Lipinski definition) is 4. The van der Waals surface area contributed by atoms with Crippen LogP contribution >= 0.6 is 0 Å². The van der Waals surface area contributed by atoms with Crippen molar-refractivity contribution in [3.05, 3.63) is 54.3 Å². The fourth-order valence-corrected chi connectivity index (χ4v) is 2.83. The second-order valence-electron chi connectivity index (χ2n) is 5.58. The summed E-state index contributed by atoms with van der Waals surface area (Å²) in [5.41, 5.74) is 2.03. The molecule has 116 valence electrons. The number of para-hydroxylation sites is 1. The molecule has 0 spiro atoms. The largest absolute Gasteiger partial charge is 0.463 e. The van der Waals surface area contributed by atoms with Gasteiger partial charge >= 0.3 is 0 Å². The normalized spacial score (nSPS) is 17.5. The molecule has 2 aromatic heterocycles. The molecule has 1 unspecified atom stereocenters. The third-order valence-electron chi connectivity index (χ3n) is 4.00. The molecule has 0 saturated carbocycles. The molecule has 23 heavy (non-hydrogen) atoms. The summed E-state index contributed by atoms with van der Waals surface area (Å²) in [6, 6.07) is 13.1. The molecule has 0 bridgehead atoms. The molecule has 3 heterocycles. The van der Waals surface area contributed by atoms with Crippen LogP contribution in [0.5, 0.6) is 0 Å². The number of carbonyl (C=O) groups is 1. The molecule has 0 aliphatic carbocycles. The Kier molecular flexibility index (Phi) is 3.55. The van der Waals surface area contributed by atoms with Crippen molar-refractivity contribution in [1.29, 1.82) is 0 Å². The van der Waals surface area contributed by atoms with Gasteiger partial charge in [-0.1, -0.05) is 18.2 Å². The van der Waals surface area contributed by atoms with E-state index >= 15 is 0 Å². The van der Waals surface area contributed by atoms with Crippen LogP contribution in [0.3, 0.4) is 0 Å². The van der Waals surface area contributed by atoms with E-state index in [0.717, 1.165) is 17.3 Å². The molecule has 1 fully saturated rings. The molecule has 5 nitrogen and oxygen atoms in total. The van der Waals surface area contributed by atoms with Gasteiger partial charge in [0.25, 0.3) is 5.91 Å². The summed E-state index contributed by atoms with van der Waals surface area (Å²) < 4.78 is 10.7. The number of fused-ring (bicyclic) bond motifs is 1. The summed E-state index contributed by atoms with van der Waals surface area (Å²) in [5.74, 6) is 0.543. The smallest absolute Gasteiger partial charge is 0.252 e. The van der Waals surface area contributed by atoms with Crippen molar-refractivity contribution >= 4 is 16.8 Å². The summed E-state index contributed by atoms with van der Waals surface area (Å²) in [4.78, 5) is 17.3. The van der Waals surface area contributed by atoms with E-state index < -0.39 is 0 Å². The Morgan fingerprint density at radius 1 is 1.22 bits per heavy atom. The van der Waals surface area contributed by atoms with Gasteiger partial charge in [0.2, 0.25) is 0 Å². The van der Waals surface area contributed by atoms with Crippen LogP contribution in [0.1, 0.15) is 16.8 Å². The summed E-state index contributed by atoms with van der Waals surface area (Å²) in [6.07, 6.45) is 2.45. The number of pyridine rings is 1.